The largest absolute Gasteiger partial charge is 0.264 e. The van der Waals surface area contributed by atoms with E-state index >= 15 is 0 Å². The third kappa shape index (κ3) is 2.53. The topological polar surface area (TPSA) is 17.8 Å². The van der Waals surface area contributed by atoms with Crippen molar-refractivity contribution in [1.82, 2.24) is 9.78 Å². The van der Waals surface area contributed by atoms with Gasteiger partial charge in [-0.2, -0.15) is 5.10 Å². The molecule has 0 N–H and O–H groups in total. The van der Waals surface area contributed by atoms with E-state index in [-0.39, 0.29) is 5.82 Å². The van der Waals surface area contributed by atoms with E-state index < -0.39 is 0 Å². The first-order valence-corrected chi connectivity index (χ1v) is 6.29. The Balaban J connectivity index is 2.37. The van der Waals surface area contributed by atoms with E-state index in [0.29, 0.717) is 11.6 Å². The Hall–Kier alpha value is -0.870. The van der Waals surface area contributed by atoms with Gasteiger partial charge in [-0.05, 0) is 53.5 Å². The molecule has 0 spiro atoms. The molecule has 0 saturated heterocycles. The van der Waals surface area contributed by atoms with Crippen LogP contribution < -0.4 is 0 Å². The molecule has 2 rings (SSSR count). The highest BCUT2D eigenvalue weighted by molar-refractivity contribution is 9.10. The minimum Gasteiger partial charge on any atom is -0.264 e. The fourth-order valence-electron chi connectivity index (χ4n) is 1.65. The summed E-state index contributed by atoms with van der Waals surface area (Å²) in [6, 6.07) is 4.35. The molecule has 5 heteroatoms. The number of aryl methyl sites for hydroxylation is 1. The third-order valence-corrected chi connectivity index (χ3v) is 4.14. The number of aromatic nitrogens is 2. The van der Waals surface area contributed by atoms with Crippen LogP contribution in [0.3, 0.4) is 0 Å². The second-order valence-corrected chi connectivity index (χ2v) is 5.08. The van der Waals surface area contributed by atoms with Gasteiger partial charge in [-0.1, -0.05) is 11.6 Å². The summed E-state index contributed by atoms with van der Waals surface area (Å²) in [6.07, 6.45) is 0. The molecular weight excluding hydrogens is 307 g/mol. The molecule has 0 unspecified atom stereocenters. The zero-order valence-electron chi connectivity index (χ0n) is 9.47. The van der Waals surface area contributed by atoms with Crippen LogP contribution in [0.2, 0.25) is 5.02 Å². The lowest BCUT2D eigenvalue weighted by Gasteiger charge is -2.07. The van der Waals surface area contributed by atoms with Crippen molar-refractivity contribution in [2.24, 2.45) is 0 Å². The summed E-state index contributed by atoms with van der Waals surface area (Å²) in [5.74, 6) is -0.287. The minimum atomic E-state index is -0.287. The van der Waals surface area contributed by atoms with Gasteiger partial charge in [0.2, 0.25) is 0 Å². The molecule has 2 nitrogen and oxygen atoms in total. The predicted octanol–water partition coefficient (Wildman–Crippen LogP) is 4.10. The van der Waals surface area contributed by atoms with Crippen molar-refractivity contribution >= 4 is 27.5 Å². The van der Waals surface area contributed by atoms with Crippen molar-refractivity contribution < 1.29 is 4.39 Å². The fraction of sp³-hybridized carbons (Fsp3) is 0.250. The minimum absolute atomic E-state index is 0.287. The molecule has 0 radical (unpaired) electrons. The Morgan fingerprint density at radius 2 is 2.12 bits per heavy atom. The van der Waals surface area contributed by atoms with Crippen molar-refractivity contribution in [3.8, 4) is 0 Å². The average molecular weight is 318 g/mol. The SMILES string of the molecule is Cc1nn(Cc2cc(F)ccc2Cl)c(C)c1Br. The van der Waals surface area contributed by atoms with Gasteiger partial charge in [0.05, 0.1) is 22.4 Å². The summed E-state index contributed by atoms with van der Waals surface area (Å²) >= 11 is 9.48. The van der Waals surface area contributed by atoms with Crippen molar-refractivity contribution in [2.45, 2.75) is 20.4 Å². The maximum Gasteiger partial charge on any atom is 0.123 e. The van der Waals surface area contributed by atoms with Gasteiger partial charge >= 0.3 is 0 Å². The summed E-state index contributed by atoms with van der Waals surface area (Å²) in [4.78, 5) is 0. The highest BCUT2D eigenvalue weighted by Crippen LogP contribution is 2.23. The van der Waals surface area contributed by atoms with E-state index in [1.54, 1.807) is 10.7 Å². The highest BCUT2D eigenvalue weighted by Gasteiger charge is 2.10. The van der Waals surface area contributed by atoms with Crippen LogP contribution in [0.25, 0.3) is 0 Å². The zero-order chi connectivity index (χ0) is 12.6. The van der Waals surface area contributed by atoms with Crippen LogP contribution in [0, 0.1) is 19.7 Å². The first-order valence-electron chi connectivity index (χ1n) is 5.12. The van der Waals surface area contributed by atoms with Crippen molar-refractivity contribution in [1.29, 1.82) is 0 Å². The van der Waals surface area contributed by atoms with E-state index in [1.807, 2.05) is 13.8 Å². The lowest BCUT2D eigenvalue weighted by Crippen LogP contribution is -2.04. The predicted molar refractivity (Wildman–Crippen MR) is 69.9 cm³/mol. The molecule has 0 fully saturated rings. The fourth-order valence-corrected chi connectivity index (χ4v) is 2.12. The summed E-state index contributed by atoms with van der Waals surface area (Å²) in [6.45, 7) is 4.34. The van der Waals surface area contributed by atoms with Crippen LogP contribution in [0.5, 0.6) is 0 Å². The molecule has 0 amide bonds. The molecule has 1 heterocycles. The molecule has 17 heavy (non-hydrogen) atoms. The second kappa shape index (κ2) is 4.78. The van der Waals surface area contributed by atoms with Gasteiger partial charge in [-0.3, -0.25) is 4.68 Å². The number of benzene rings is 1. The molecule has 1 aromatic heterocycles. The summed E-state index contributed by atoms with van der Waals surface area (Å²) in [7, 11) is 0. The maximum atomic E-state index is 13.1. The van der Waals surface area contributed by atoms with Gasteiger partial charge in [0.1, 0.15) is 5.82 Å². The van der Waals surface area contributed by atoms with E-state index in [9.17, 15) is 4.39 Å². The Labute approximate surface area is 113 Å². The summed E-state index contributed by atoms with van der Waals surface area (Å²) in [5, 5.41) is 4.92. The second-order valence-electron chi connectivity index (χ2n) is 3.88. The van der Waals surface area contributed by atoms with Crippen LogP contribution in [-0.2, 0) is 6.54 Å². The number of halogens is 3. The smallest absolute Gasteiger partial charge is 0.123 e. The van der Waals surface area contributed by atoms with Crippen LogP contribution in [0.15, 0.2) is 22.7 Å². The first-order chi connectivity index (χ1) is 7.99. The van der Waals surface area contributed by atoms with Gasteiger partial charge in [-0.15, -0.1) is 0 Å². The zero-order valence-corrected chi connectivity index (χ0v) is 11.8. The third-order valence-electron chi connectivity index (χ3n) is 2.62. The number of hydrogen-bond acceptors (Lipinski definition) is 1. The van der Waals surface area contributed by atoms with E-state index in [4.69, 9.17) is 11.6 Å². The van der Waals surface area contributed by atoms with Crippen LogP contribution in [0.1, 0.15) is 17.0 Å². The van der Waals surface area contributed by atoms with Crippen molar-refractivity contribution in [3.05, 3.63) is 50.5 Å². The standard InChI is InChI=1S/C12H11BrClFN2/c1-7-12(13)8(2)17(16-7)6-9-5-10(15)3-4-11(9)14/h3-5H,6H2,1-2H3. The maximum absolute atomic E-state index is 13.1. The van der Waals surface area contributed by atoms with Gasteiger partial charge in [0, 0.05) is 5.02 Å². The average Bonchev–Trinajstić information content (AvgIpc) is 2.52. The van der Waals surface area contributed by atoms with Crippen LogP contribution in [0.4, 0.5) is 4.39 Å². The molecular formula is C12H11BrClFN2. The van der Waals surface area contributed by atoms with Crippen molar-refractivity contribution in [3.63, 3.8) is 0 Å². The van der Waals surface area contributed by atoms with Crippen LogP contribution >= 0.6 is 27.5 Å². The molecule has 0 aliphatic carbocycles. The van der Waals surface area contributed by atoms with E-state index in [1.165, 1.54) is 12.1 Å². The number of rotatable bonds is 2. The Bertz CT molecular complexity index is 566. The molecule has 0 bridgehead atoms. The van der Waals surface area contributed by atoms with Gasteiger partial charge in [0.15, 0.2) is 0 Å². The van der Waals surface area contributed by atoms with Gasteiger partial charge < -0.3 is 0 Å². The molecule has 0 aliphatic rings. The van der Waals surface area contributed by atoms with Crippen LogP contribution in [-0.4, -0.2) is 9.78 Å². The Morgan fingerprint density at radius 3 is 2.71 bits per heavy atom. The lowest BCUT2D eigenvalue weighted by atomic mass is 10.2. The summed E-state index contributed by atoms with van der Waals surface area (Å²) in [5.41, 5.74) is 2.64. The highest BCUT2D eigenvalue weighted by atomic mass is 79.9. The van der Waals surface area contributed by atoms with E-state index in [0.717, 1.165) is 21.4 Å². The molecule has 0 atom stereocenters. The van der Waals surface area contributed by atoms with E-state index in [2.05, 4.69) is 21.0 Å². The Morgan fingerprint density at radius 1 is 1.41 bits per heavy atom. The van der Waals surface area contributed by atoms with Gasteiger partial charge in [0.25, 0.3) is 0 Å². The molecule has 0 saturated carbocycles. The van der Waals surface area contributed by atoms with Gasteiger partial charge in [-0.25, -0.2) is 4.39 Å². The first kappa shape index (κ1) is 12.6. The summed E-state index contributed by atoms with van der Waals surface area (Å²) < 4.78 is 15.9. The van der Waals surface area contributed by atoms with Crippen molar-refractivity contribution in [2.75, 3.05) is 0 Å². The Kier molecular flexibility index (Phi) is 3.54. The molecule has 1 aromatic carbocycles. The number of nitrogens with zero attached hydrogens (tertiary/aromatic N) is 2. The molecule has 90 valence electrons. The lowest BCUT2D eigenvalue weighted by molar-refractivity contribution is 0.615. The normalized spacial score (nSPS) is 10.9. The number of hydrogen-bond donors (Lipinski definition) is 0. The molecule has 2 aromatic rings. The quantitative estimate of drug-likeness (QED) is 0.815. The monoisotopic (exact) mass is 316 g/mol. The molecule has 0 aliphatic heterocycles.